The Kier molecular flexibility index (Phi) is 4.21. The van der Waals surface area contributed by atoms with Crippen molar-refractivity contribution in [1.29, 1.82) is 0 Å². The van der Waals surface area contributed by atoms with E-state index < -0.39 is 18.1 Å². The molecular formula is C13H16N2O5. The first-order chi connectivity index (χ1) is 9.49. The number of amides is 2. The molecule has 1 aliphatic rings. The molecule has 20 heavy (non-hydrogen) atoms. The summed E-state index contributed by atoms with van der Waals surface area (Å²) in [5.74, 6) is -0.784. The smallest absolute Gasteiger partial charge is 0.260 e. The topological polar surface area (TPSA) is 113 Å². The van der Waals surface area contributed by atoms with Crippen LogP contribution in [0.4, 0.5) is 0 Å². The number of benzene rings is 1. The molecule has 108 valence electrons. The van der Waals surface area contributed by atoms with Gasteiger partial charge in [-0.2, -0.15) is 0 Å². The number of nitrogens with zero attached hydrogens (tertiary/aromatic N) is 1. The van der Waals surface area contributed by atoms with Crippen LogP contribution in [0.25, 0.3) is 0 Å². The Balaban J connectivity index is 1.96. The molecule has 7 nitrogen and oxygen atoms in total. The van der Waals surface area contributed by atoms with Crippen molar-refractivity contribution in [3.8, 4) is 5.75 Å². The van der Waals surface area contributed by atoms with Gasteiger partial charge in [-0.25, -0.2) is 0 Å². The zero-order chi connectivity index (χ0) is 14.7. The van der Waals surface area contributed by atoms with Crippen molar-refractivity contribution >= 4 is 11.8 Å². The van der Waals surface area contributed by atoms with E-state index >= 15 is 0 Å². The van der Waals surface area contributed by atoms with Crippen LogP contribution in [0.3, 0.4) is 0 Å². The molecule has 0 aliphatic carbocycles. The minimum Gasteiger partial charge on any atom is -0.483 e. The standard InChI is InChI=1S/C13H16N2O5/c14-13(19)8-3-1-2-4-11(8)20-7-12(18)15-5-9(16)10(17)6-15/h1-4,9-10,16-17H,5-7H2,(H2,14,19)/t9-,10+. The number of hydrogen-bond donors (Lipinski definition) is 3. The summed E-state index contributed by atoms with van der Waals surface area (Å²) in [6.45, 7) is -0.147. The van der Waals surface area contributed by atoms with Crippen molar-refractivity contribution in [2.75, 3.05) is 19.7 Å². The third-order valence-electron chi connectivity index (χ3n) is 3.12. The highest BCUT2D eigenvalue weighted by Crippen LogP contribution is 2.17. The zero-order valence-electron chi connectivity index (χ0n) is 10.7. The summed E-state index contributed by atoms with van der Waals surface area (Å²) in [5, 5.41) is 18.7. The van der Waals surface area contributed by atoms with E-state index in [0.29, 0.717) is 0 Å². The fourth-order valence-corrected chi connectivity index (χ4v) is 2.00. The summed E-state index contributed by atoms with van der Waals surface area (Å²) in [6, 6.07) is 6.35. The predicted molar refractivity (Wildman–Crippen MR) is 69.0 cm³/mol. The number of aliphatic hydroxyl groups is 2. The lowest BCUT2D eigenvalue weighted by atomic mass is 10.2. The van der Waals surface area contributed by atoms with Crippen LogP contribution in [0.1, 0.15) is 10.4 Å². The highest BCUT2D eigenvalue weighted by atomic mass is 16.5. The van der Waals surface area contributed by atoms with Gasteiger partial charge in [-0.05, 0) is 12.1 Å². The van der Waals surface area contributed by atoms with Gasteiger partial charge in [0.2, 0.25) is 0 Å². The molecule has 1 aromatic rings. The van der Waals surface area contributed by atoms with E-state index in [1.807, 2.05) is 0 Å². The molecule has 2 atom stereocenters. The van der Waals surface area contributed by atoms with Crippen LogP contribution in [-0.2, 0) is 4.79 Å². The fraction of sp³-hybridized carbons (Fsp3) is 0.385. The second-order valence-corrected chi connectivity index (χ2v) is 4.58. The van der Waals surface area contributed by atoms with Crippen molar-refractivity contribution < 1.29 is 24.5 Å². The molecule has 2 amide bonds. The average Bonchev–Trinajstić information content (AvgIpc) is 2.76. The largest absolute Gasteiger partial charge is 0.483 e. The van der Waals surface area contributed by atoms with Crippen molar-refractivity contribution in [3.05, 3.63) is 29.8 Å². The Morgan fingerprint density at radius 3 is 2.45 bits per heavy atom. The van der Waals surface area contributed by atoms with Crippen molar-refractivity contribution in [3.63, 3.8) is 0 Å². The quantitative estimate of drug-likeness (QED) is 0.636. The molecule has 0 saturated carbocycles. The molecule has 7 heteroatoms. The van der Waals surface area contributed by atoms with E-state index in [-0.39, 0.29) is 36.9 Å². The van der Waals surface area contributed by atoms with E-state index in [4.69, 9.17) is 10.5 Å². The van der Waals surface area contributed by atoms with Gasteiger partial charge in [-0.15, -0.1) is 0 Å². The molecule has 2 rings (SSSR count). The van der Waals surface area contributed by atoms with E-state index in [9.17, 15) is 19.8 Å². The Hall–Kier alpha value is -2.12. The Bertz CT molecular complexity index is 509. The number of nitrogens with two attached hydrogens (primary N) is 1. The molecule has 0 spiro atoms. The van der Waals surface area contributed by atoms with Crippen molar-refractivity contribution in [2.45, 2.75) is 12.2 Å². The van der Waals surface area contributed by atoms with Crippen LogP contribution >= 0.6 is 0 Å². The molecule has 0 unspecified atom stereocenters. The van der Waals surface area contributed by atoms with Gasteiger partial charge in [0.15, 0.2) is 6.61 Å². The molecule has 0 aromatic heterocycles. The highest BCUT2D eigenvalue weighted by molar-refractivity contribution is 5.95. The number of para-hydroxylation sites is 1. The zero-order valence-corrected chi connectivity index (χ0v) is 10.7. The van der Waals surface area contributed by atoms with Crippen LogP contribution in [0, 0.1) is 0 Å². The summed E-state index contributed by atoms with van der Waals surface area (Å²) in [7, 11) is 0. The van der Waals surface area contributed by atoms with Crippen molar-refractivity contribution in [1.82, 2.24) is 4.90 Å². The van der Waals surface area contributed by atoms with Gasteiger partial charge in [0.05, 0.1) is 17.8 Å². The first-order valence-electron chi connectivity index (χ1n) is 6.14. The summed E-state index contributed by atoms with van der Waals surface area (Å²) < 4.78 is 5.29. The molecule has 1 fully saturated rings. The van der Waals surface area contributed by atoms with Crippen LogP contribution in [0.5, 0.6) is 5.75 Å². The maximum absolute atomic E-state index is 11.9. The fourth-order valence-electron chi connectivity index (χ4n) is 2.00. The van der Waals surface area contributed by atoms with Gasteiger partial charge >= 0.3 is 0 Å². The van der Waals surface area contributed by atoms with Gasteiger partial charge in [-0.3, -0.25) is 9.59 Å². The summed E-state index contributed by atoms with van der Waals surface area (Å²) in [6.07, 6.45) is -1.87. The lowest BCUT2D eigenvalue weighted by Crippen LogP contribution is -2.34. The van der Waals surface area contributed by atoms with Gasteiger partial charge in [0, 0.05) is 13.1 Å². The average molecular weight is 280 g/mol. The van der Waals surface area contributed by atoms with Crippen LogP contribution in [0.15, 0.2) is 24.3 Å². The number of ether oxygens (including phenoxy) is 1. The van der Waals surface area contributed by atoms with E-state index in [1.54, 1.807) is 18.2 Å². The summed E-state index contributed by atoms with van der Waals surface area (Å²) in [4.78, 5) is 24.4. The number of primary amides is 1. The number of hydrogen-bond acceptors (Lipinski definition) is 5. The second-order valence-electron chi connectivity index (χ2n) is 4.58. The number of carbonyl (C=O) groups is 2. The van der Waals surface area contributed by atoms with E-state index in [2.05, 4.69) is 0 Å². The first kappa shape index (κ1) is 14.3. The molecular weight excluding hydrogens is 264 g/mol. The van der Waals surface area contributed by atoms with Gasteiger partial charge < -0.3 is 25.6 Å². The molecule has 1 saturated heterocycles. The minimum absolute atomic E-state index is 0.0703. The minimum atomic E-state index is -0.933. The Morgan fingerprint density at radius 1 is 1.25 bits per heavy atom. The van der Waals surface area contributed by atoms with Gasteiger partial charge in [0.1, 0.15) is 5.75 Å². The van der Waals surface area contributed by atoms with Crippen LogP contribution in [0.2, 0.25) is 0 Å². The Morgan fingerprint density at radius 2 is 1.85 bits per heavy atom. The van der Waals surface area contributed by atoms with Crippen molar-refractivity contribution in [2.24, 2.45) is 5.73 Å². The summed E-state index contributed by atoms with van der Waals surface area (Å²) >= 11 is 0. The monoisotopic (exact) mass is 280 g/mol. The third-order valence-corrected chi connectivity index (χ3v) is 3.12. The highest BCUT2D eigenvalue weighted by Gasteiger charge is 2.32. The molecule has 1 aliphatic heterocycles. The van der Waals surface area contributed by atoms with Gasteiger partial charge in [0.25, 0.3) is 11.8 Å². The Labute approximate surface area is 115 Å². The molecule has 1 aromatic carbocycles. The number of carbonyl (C=O) groups excluding carboxylic acids is 2. The normalized spacial score (nSPS) is 21.8. The lowest BCUT2D eigenvalue weighted by molar-refractivity contribution is -0.132. The number of rotatable bonds is 4. The maximum Gasteiger partial charge on any atom is 0.260 e. The number of β-amino-alcohol motifs (C(OH)–C–C–N with tert-alkyl or cyclic N) is 2. The molecule has 1 heterocycles. The number of aliphatic hydroxyl groups excluding tert-OH is 2. The van der Waals surface area contributed by atoms with Crippen LogP contribution in [-0.4, -0.2) is 58.8 Å². The molecule has 0 bridgehead atoms. The molecule has 0 radical (unpaired) electrons. The van der Waals surface area contributed by atoms with E-state index in [0.717, 1.165) is 0 Å². The SMILES string of the molecule is NC(=O)c1ccccc1OCC(=O)N1C[C@@H](O)[C@@H](O)C1. The second kappa shape index (κ2) is 5.89. The first-order valence-corrected chi connectivity index (χ1v) is 6.14. The third kappa shape index (κ3) is 3.06. The lowest BCUT2D eigenvalue weighted by Gasteiger charge is -2.16. The maximum atomic E-state index is 11.9. The molecule has 4 N–H and O–H groups in total. The predicted octanol–water partition coefficient (Wildman–Crippen LogP) is -1.27. The van der Waals surface area contributed by atoms with Gasteiger partial charge in [-0.1, -0.05) is 12.1 Å². The summed E-state index contributed by atoms with van der Waals surface area (Å²) in [5.41, 5.74) is 5.40. The van der Waals surface area contributed by atoms with E-state index in [1.165, 1.54) is 11.0 Å². The van der Waals surface area contributed by atoms with Crippen LogP contribution < -0.4 is 10.5 Å². The number of likely N-dealkylation sites (tertiary alicyclic amines) is 1.